The van der Waals surface area contributed by atoms with Gasteiger partial charge in [0.2, 0.25) is 0 Å². The van der Waals surface area contributed by atoms with Crippen LogP contribution in [0, 0.1) is 40.9 Å². The molecule has 0 aliphatic carbocycles. The second-order valence-corrected chi connectivity index (χ2v) is 21.0. The summed E-state index contributed by atoms with van der Waals surface area (Å²) >= 11 is 1.54. The van der Waals surface area contributed by atoms with Gasteiger partial charge in [-0.1, -0.05) is 96.7 Å². The fourth-order valence-corrected chi connectivity index (χ4v) is 12.1. The molecule has 1 atom stereocenters. The van der Waals surface area contributed by atoms with Crippen LogP contribution in [0.4, 0.5) is 0 Å². The lowest BCUT2D eigenvalue weighted by Crippen LogP contribution is -2.26. The van der Waals surface area contributed by atoms with Gasteiger partial charge in [0.25, 0.3) is 0 Å². The molecule has 0 N–H and O–H groups in total. The predicted molar refractivity (Wildman–Crippen MR) is 300 cm³/mol. The number of fused-ring (bicyclic) bond motifs is 3. The summed E-state index contributed by atoms with van der Waals surface area (Å²) < 4.78 is 58.2. The Morgan fingerprint density at radius 1 is 0.410 bits per heavy atom. The molecule has 1 unspecified atom stereocenters. The Kier molecular flexibility index (Phi) is 14.1. The zero-order chi connectivity index (χ0) is 53.6. The summed E-state index contributed by atoms with van der Waals surface area (Å²) in [5, 5.41) is 31.1. The topological polar surface area (TPSA) is 153 Å². The third-order valence-corrected chi connectivity index (χ3v) is 16.2. The molecule has 1 aliphatic heterocycles. The fraction of sp³-hybridized carbons (Fsp3) is 0.0308. The molecular weight excluding hydrogens is 1010 g/mol. The second-order valence-electron chi connectivity index (χ2n) is 17.6. The van der Waals surface area contributed by atoms with E-state index in [1.807, 2.05) is 159 Å². The van der Waals surface area contributed by atoms with Crippen molar-refractivity contribution >= 4 is 29.7 Å². The first-order valence-electron chi connectivity index (χ1n) is 24.4. The maximum absolute atomic E-state index is 15.1. The van der Waals surface area contributed by atoms with E-state index in [4.69, 9.17) is 32.9 Å². The van der Waals surface area contributed by atoms with Crippen LogP contribution in [0.2, 0.25) is 0 Å². The first kappa shape index (κ1) is 50.0. The number of ether oxygens (including phenoxy) is 6. The van der Waals surface area contributed by atoms with Crippen LogP contribution in [0.1, 0.15) is 22.3 Å². The first-order valence-corrected chi connectivity index (χ1v) is 26.9. The van der Waals surface area contributed by atoms with Gasteiger partial charge in [-0.2, -0.15) is 15.8 Å². The van der Waals surface area contributed by atoms with Crippen LogP contribution in [0.15, 0.2) is 228 Å². The summed E-state index contributed by atoms with van der Waals surface area (Å²) in [5.74, 6) is 5.18. The number of benzene rings is 10. The van der Waals surface area contributed by atoms with Gasteiger partial charge in [-0.25, -0.2) is 0 Å². The number of para-hydroxylation sites is 1. The molecule has 0 amide bonds. The lowest BCUT2D eigenvalue weighted by atomic mass is 10.0. The Bertz CT molecular complexity index is 4070. The van der Waals surface area contributed by atoms with Crippen LogP contribution < -0.4 is 43.6 Å². The second kappa shape index (κ2) is 22.0. The highest BCUT2D eigenvalue weighted by Crippen LogP contribution is 2.56. The Morgan fingerprint density at radius 2 is 0.821 bits per heavy atom. The number of nitriles is 3. The smallest absolute Gasteiger partial charge is 0.311 e. The van der Waals surface area contributed by atoms with Crippen molar-refractivity contribution in [2.24, 2.45) is 0 Å². The van der Waals surface area contributed by atoms with E-state index >= 15 is 4.57 Å². The van der Waals surface area contributed by atoms with Gasteiger partial charge in [-0.15, -0.1) is 0 Å². The Labute approximate surface area is 454 Å². The van der Waals surface area contributed by atoms with E-state index in [2.05, 4.69) is 18.2 Å². The average Bonchev–Trinajstić information content (AvgIpc) is 3.49. The maximum atomic E-state index is 15.1. The van der Waals surface area contributed by atoms with Gasteiger partial charge in [0, 0.05) is 15.4 Å². The van der Waals surface area contributed by atoms with E-state index in [0.29, 0.717) is 79.4 Å². The number of aryl methyl sites for hydroxylation is 1. The summed E-state index contributed by atoms with van der Waals surface area (Å²) in [6.45, 7) is 1.88. The number of nitrogens with zero attached hydrogens (tertiary/aromatic N) is 3. The minimum atomic E-state index is -3.74. The quantitative estimate of drug-likeness (QED) is 0.0898. The lowest BCUT2D eigenvalue weighted by Gasteiger charge is -2.29. The normalized spacial score (nSPS) is 13.0. The van der Waals surface area contributed by atoms with E-state index in [1.54, 1.807) is 66.7 Å². The Hall–Kier alpha value is -10.2. The van der Waals surface area contributed by atoms with Crippen LogP contribution >= 0.6 is 19.1 Å². The molecule has 0 radical (unpaired) electrons. The van der Waals surface area contributed by atoms with E-state index < -0.39 is 7.37 Å². The highest BCUT2D eigenvalue weighted by atomic mass is 32.2. The van der Waals surface area contributed by atoms with Gasteiger partial charge < -0.3 is 32.9 Å². The Morgan fingerprint density at radius 3 is 1.31 bits per heavy atom. The highest BCUT2D eigenvalue weighted by Gasteiger charge is 2.40. The largest absolute Gasteiger partial charge is 0.496 e. The van der Waals surface area contributed by atoms with Gasteiger partial charge in [0.1, 0.15) is 98.3 Å². The number of hydrogen-bond donors (Lipinski definition) is 0. The highest BCUT2D eigenvalue weighted by molar-refractivity contribution is 7.99. The molecule has 0 bridgehead atoms. The molecule has 1 heterocycles. The molecule has 1 aliphatic rings. The molecule has 11 nitrogen and oxygen atoms in total. The Balaban J connectivity index is 0.717. The van der Waals surface area contributed by atoms with Crippen molar-refractivity contribution in [1.29, 1.82) is 15.8 Å². The molecule has 0 aromatic heterocycles. The standard InChI is InChI=1S/C65H42N3O8PS/c1-42-10-7-14-57(54(42)39-66)71-45-24-20-43(21-25-45)44-22-26-46(27-23-44)72-58-15-8-16-59(55(58)40-67)73-47-28-33-50(34-29-47)78-51-35-30-48(31-36-51)74-60-17-9-18-61(56(60)41-68)75-49-32-37-63(70-2)65(38-49)77(69)64-19-6-4-12-53(64)52-11-3-5-13-62(52)76-77/h3-38H,1-2H3. The van der Waals surface area contributed by atoms with Gasteiger partial charge in [0.05, 0.1) is 23.3 Å². The van der Waals surface area contributed by atoms with Gasteiger partial charge in [0.15, 0.2) is 0 Å². The van der Waals surface area contributed by atoms with Crippen molar-refractivity contribution in [3.63, 3.8) is 0 Å². The molecule has 0 spiro atoms. The molecule has 10 aromatic carbocycles. The summed E-state index contributed by atoms with van der Waals surface area (Å²) in [6.07, 6.45) is 0. The van der Waals surface area contributed by atoms with Crippen LogP contribution in [-0.4, -0.2) is 7.11 Å². The lowest BCUT2D eigenvalue weighted by molar-refractivity contribution is 0.414. The molecule has 0 saturated carbocycles. The van der Waals surface area contributed by atoms with Gasteiger partial charge >= 0.3 is 7.37 Å². The summed E-state index contributed by atoms with van der Waals surface area (Å²) in [6, 6.07) is 72.8. The van der Waals surface area contributed by atoms with Crippen molar-refractivity contribution in [2.45, 2.75) is 16.7 Å². The van der Waals surface area contributed by atoms with Gasteiger partial charge in [-0.05, 0) is 163 Å². The number of methoxy groups -OCH3 is 1. The predicted octanol–water partition coefficient (Wildman–Crippen LogP) is 16.7. The van der Waals surface area contributed by atoms with Crippen LogP contribution in [0.5, 0.6) is 69.0 Å². The van der Waals surface area contributed by atoms with Crippen LogP contribution in [-0.2, 0) is 4.57 Å². The number of rotatable bonds is 15. The molecule has 11 rings (SSSR count). The van der Waals surface area contributed by atoms with Crippen LogP contribution in [0.25, 0.3) is 22.3 Å². The molecular formula is C65H42N3O8PS. The molecule has 78 heavy (non-hydrogen) atoms. The zero-order valence-electron chi connectivity index (χ0n) is 41.7. The summed E-state index contributed by atoms with van der Waals surface area (Å²) in [7, 11) is -2.23. The molecule has 0 saturated heterocycles. The van der Waals surface area contributed by atoms with Crippen molar-refractivity contribution < 1.29 is 37.5 Å². The van der Waals surface area contributed by atoms with E-state index in [-0.39, 0.29) is 16.9 Å². The number of hydrogen-bond acceptors (Lipinski definition) is 12. The SMILES string of the molecule is COc1ccc(Oc2cccc(Oc3ccc(Sc4ccc(Oc5cccc(Oc6ccc(-c7ccc(Oc8cccc(C)c8C#N)cc7)cc6)c5C#N)cc4)cc3)c2C#N)cc1P1(=O)Oc2ccccc2-c2ccccc21. The minimum Gasteiger partial charge on any atom is -0.496 e. The first-order chi connectivity index (χ1) is 38.2. The maximum Gasteiger partial charge on any atom is 0.311 e. The molecule has 376 valence electrons. The monoisotopic (exact) mass is 1060 g/mol. The molecule has 0 fully saturated rings. The minimum absolute atomic E-state index is 0.171. The van der Waals surface area contributed by atoms with Gasteiger partial charge in [-0.3, -0.25) is 4.57 Å². The van der Waals surface area contributed by atoms with Crippen molar-refractivity contribution in [1.82, 2.24) is 0 Å². The molecule has 13 heteroatoms. The summed E-state index contributed by atoms with van der Waals surface area (Å²) in [5.41, 5.74) is 5.37. The van der Waals surface area contributed by atoms with E-state index in [9.17, 15) is 15.8 Å². The van der Waals surface area contributed by atoms with Crippen molar-refractivity contribution in [3.8, 4) is 109 Å². The molecule has 10 aromatic rings. The van der Waals surface area contributed by atoms with E-state index in [1.165, 1.54) is 18.9 Å². The van der Waals surface area contributed by atoms with E-state index in [0.717, 1.165) is 37.6 Å². The zero-order valence-corrected chi connectivity index (χ0v) is 43.5. The third-order valence-electron chi connectivity index (χ3n) is 12.7. The average molecular weight is 1060 g/mol. The van der Waals surface area contributed by atoms with Crippen molar-refractivity contribution in [3.05, 3.63) is 241 Å². The van der Waals surface area contributed by atoms with Crippen LogP contribution in [0.3, 0.4) is 0 Å². The third kappa shape index (κ3) is 10.3. The summed E-state index contributed by atoms with van der Waals surface area (Å²) in [4.78, 5) is 1.89. The fourth-order valence-electron chi connectivity index (χ4n) is 8.86. The van der Waals surface area contributed by atoms with Crippen molar-refractivity contribution in [2.75, 3.05) is 7.11 Å².